The zero-order chi connectivity index (χ0) is 15.3. The maximum Gasteiger partial charge on any atom is 0.279 e. The fourth-order valence-electron chi connectivity index (χ4n) is 2.35. The van der Waals surface area contributed by atoms with Crippen LogP contribution in [0.2, 0.25) is 0 Å². The minimum atomic E-state index is -3.42. The van der Waals surface area contributed by atoms with Crippen LogP contribution >= 0.6 is 0 Å². The largest absolute Gasteiger partial charge is 0.409 e. The second-order valence-corrected chi connectivity index (χ2v) is 6.86. The van der Waals surface area contributed by atoms with E-state index < -0.39 is 10.2 Å². The molecule has 0 aromatic rings. The number of piperazine rings is 1. The van der Waals surface area contributed by atoms with Crippen LogP contribution in [0.1, 0.15) is 27.2 Å². The lowest BCUT2D eigenvalue weighted by atomic mass is 10.1. The lowest BCUT2D eigenvalue weighted by Crippen LogP contribution is -2.57. The summed E-state index contributed by atoms with van der Waals surface area (Å²) >= 11 is 0. The van der Waals surface area contributed by atoms with Crippen molar-refractivity contribution in [1.29, 1.82) is 0 Å². The van der Waals surface area contributed by atoms with Crippen molar-refractivity contribution in [2.24, 2.45) is 10.9 Å². The molecule has 0 spiro atoms. The average molecular weight is 307 g/mol. The summed E-state index contributed by atoms with van der Waals surface area (Å²) in [6.45, 7) is 7.46. The molecule has 1 atom stereocenters. The number of amidine groups is 1. The van der Waals surface area contributed by atoms with Gasteiger partial charge < -0.3 is 10.9 Å². The average Bonchev–Trinajstić information content (AvgIpc) is 2.38. The summed E-state index contributed by atoms with van der Waals surface area (Å²) in [5.41, 5.74) is 5.66. The number of nitrogens with two attached hydrogens (primary N) is 1. The Morgan fingerprint density at radius 1 is 1.35 bits per heavy atom. The van der Waals surface area contributed by atoms with E-state index in [-0.39, 0.29) is 17.9 Å². The summed E-state index contributed by atoms with van der Waals surface area (Å²) in [6, 6.07) is -0.276. The van der Waals surface area contributed by atoms with Crippen LogP contribution in [0.5, 0.6) is 0 Å². The fourth-order valence-corrected chi connectivity index (χ4v) is 3.74. The molecule has 0 amide bonds. The zero-order valence-electron chi connectivity index (χ0n) is 12.3. The second-order valence-electron chi connectivity index (χ2n) is 5.16. The van der Waals surface area contributed by atoms with E-state index in [9.17, 15) is 8.42 Å². The Balaban J connectivity index is 2.64. The van der Waals surface area contributed by atoms with Crippen molar-refractivity contribution in [2.45, 2.75) is 39.3 Å². The highest BCUT2D eigenvalue weighted by Crippen LogP contribution is 2.12. The summed E-state index contributed by atoms with van der Waals surface area (Å²) in [5, 5.41) is 11.8. The quantitative estimate of drug-likeness (QED) is 0.262. The Bertz CT molecular complexity index is 429. The summed E-state index contributed by atoms with van der Waals surface area (Å²) in [4.78, 5) is 2.04. The van der Waals surface area contributed by atoms with Crippen LogP contribution in [0.15, 0.2) is 5.16 Å². The van der Waals surface area contributed by atoms with Crippen LogP contribution in [0.25, 0.3) is 0 Å². The molecule has 0 radical (unpaired) electrons. The lowest BCUT2D eigenvalue weighted by Gasteiger charge is -2.37. The minimum Gasteiger partial charge on any atom is -0.409 e. The van der Waals surface area contributed by atoms with Gasteiger partial charge in [0.25, 0.3) is 10.2 Å². The normalized spacial score (nSPS) is 21.3. The van der Waals surface area contributed by atoms with Crippen molar-refractivity contribution >= 4 is 16.0 Å². The standard InChI is InChI=1S/C11H25N5O3S/c1-4-10(11(12)13-17)15-5-7-16(8-6-15)20(18,19)14-9(2)3/h9-10,14,17H,4-8H2,1-3H3,(H2,12,13). The number of nitrogens with one attached hydrogen (secondary N) is 1. The highest BCUT2D eigenvalue weighted by Gasteiger charge is 2.30. The van der Waals surface area contributed by atoms with Gasteiger partial charge in [0.05, 0.1) is 6.04 Å². The smallest absolute Gasteiger partial charge is 0.279 e. The van der Waals surface area contributed by atoms with E-state index in [0.717, 1.165) is 0 Å². The maximum absolute atomic E-state index is 12.0. The molecule has 9 heteroatoms. The van der Waals surface area contributed by atoms with Crippen LogP contribution in [-0.2, 0) is 10.2 Å². The second kappa shape index (κ2) is 7.21. The van der Waals surface area contributed by atoms with Gasteiger partial charge in [-0.25, -0.2) is 0 Å². The molecular weight excluding hydrogens is 282 g/mol. The van der Waals surface area contributed by atoms with E-state index in [1.54, 1.807) is 13.8 Å². The van der Waals surface area contributed by atoms with Gasteiger partial charge in [-0.05, 0) is 20.3 Å². The van der Waals surface area contributed by atoms with Gasteiger partial charge in [-0.1, -0.05) is 12.1 Å². The molecule has 1 heterocycles. The molecule has 1 fully saturated rings. The lowest BCUT2D eigenvalue weighted by molar-refractivity contribution is 0.160. The third-order valence-electron chi connectivity index (χ3n) is 3.28. The first-order valence-electron chi connectivity index (χ1n) is 6.80. The zero-order valence-corrected chi connectivity index (χ0v) is 13.1. The van der Waals surface area contributed by atoms with Crippen molar-refractivity contribution in [1.82, 2.24) is 13.9 Å². The third kappa shape index (κ3) is 4.30. The predicted molar refractivity (Wildman–Crippen MR) is 77.8 cm³/mol. The van der Waals surface area contributed by atoms with Gasteiger partial charge in [0, 0.05) is 32.2 Å². The van der Waals surface area contributed by atoms with E-state index in [4.69, 9.17) is 10.9 Å². The monoisotopic (exact) mass is 307 g/mol. The molecule has 0 saturated carbocycles. The third-order valence-corrected chi connectivity index (χ3v) is 5.10. The van der Waals surface area contributed by atoms with Gasteiger partial charge in [0.1, 0.15) is 0 Å². The van der Waals surface area contributed by atoms with Crippen LogP contribution in [-0.4, -0.2) is 66.9 Å². The first-order chi connectivity index (χ1) is 9.31. The molecule has 0 aliphatic carbocycles. The Hall–Kier alpha value is -0.900. The SMILES string of the molecule is CCC(C(N)=NO)N1CCN(S(=O)(=O)NC(C)C)CC1. The van der Waals surface area contributed by atoms with Crippen molar-refractivity contribution in [3.63, 3.8) is 0 Å². The van der Waals surface area contributed by atoms with Gasteiger partial charge in [-0.2, -0.15) is 17.4 Å². The molecule has 1 saturated heterocycles. The number of hydrogen-bond acceptors (Lipinski definition) is 5. The Labute approximate surface area is 120 Å². The predicted octanol–water partition coefficient (Wildman–Crippen LogP) is -0.628. The molecule has 20 heavy (non-hydrogen) atoms. The molecule has 0 aromatic carbocycles. The van der Waals surface area contributed by atoms with Crippen molar-refractivity contribution in [2.75, 3.05) is 26.2 Å². The first-order valence-corrected chi connectivity index (χ1v) is 8.24. The molecule has 1 unspecified atom stereocenters. The number of nitrogens with zero attached hydrogens (tertiary/aromatic N) is 3. The highest BCUT2D eigenvalue weighted by molar-refractivity contribution is 7.87. The minimum absolute atomic E-state index is 0.126. The number of rotatable bonds is 6. The van der Waals surface area contributed by atoms with E-state index in [2.05, 4.69) is 9.88 Å². The van der Waals surface area contributed by atoms with Crippen molar-refractivity contribution in [3.8, 4) is 0 Å². The van der Waals surface area contributed by atoms with Crippen LogP contribution in [0, 0.1) is 0 Å². The summed E-state index contributed by atoms with van der Waals surface area (Å²) in [7, 11) is -3.42. The molecule has 0 bridgehead atoms. The molecule has 1 aliphatic rings. The molecule has 8 nitrogen and oxygen atoms in total. The van der Waals surface area contributed by atoms with Gasteiger partial charge in [0.15, 0.2) is 5.84 Å². The van der Waals surface area contributed by atoms with E-state index in [1.807, 2.05) is 11.8 Å². The fraction of sp³-hybridized carbons (Fsp3) is 0.909. The van der Waals surface area contributed by atoms with Gasteiger partial charge in [-0.15, -0.1) is 0 Å². The summed E-state index contributed by atoms with van der Waals surface area (Å²) < 4.78 is 28.1. The highest BCUT2D eigenvalue weighted by atomic mass is 32.2. The van der Waals surface area contributed by atoms with Gasteiger partial charge in [0.2, 0.25) is 0 Å². The molecule has 1 aliphatic heterocycles. The topological polar surface area (TPSA) is 111 Å². The Kier molecular flexibility index (Phi) is 6.18. The van der Waals surface area contributed by atoms with Gasteiger partial charge in [-0.3, -0.25) is 4.90 Å². The van der Waals surface area contributed by atoms with E-state index in [1.165, 1.54) is 4.31 Å². The Morgan fingerprint density at radius 3 is 2.30 bits per heavy atom. The van der Waals surface area contributed by atoms with E-state index in [0.29, 0.717) is 32.6 Å². The summed E-state index contributed by atoms with van der Waals surface area (Å²) in [6.07, 6.45) is 0.715. The van der Waals surface area contributed by atoms with Crippen LogP contribution < -0.4 is 10.5 Å². The molecular formula is C11H25N5O3S. The van der Waals surface area contributed by atoms with Crippen LogP contribution in [0.3, 0.4) is 0 Å². The number of hydrogen-bond donors (Lipinski definition) is 3. The van der Waals surface area contributed by atoms with Crippen LogP contribution in [0.4, 0.5) is 0 Å². The molecule has 0 aromatic heterocycles. The first kappa shape index (κ1) is 17.2. The van der Waals surface area contributed by atoms with Crippen molar-refractivity contribution < 1.29 is 13.6 Å². The number of oxime groups is 1. The molecule has 118 valence electrons. The Morgan fingerprint density at radius 2 is 1.90 bits per heavy atom. The molecule has 4 N–H and O–H groups in total. The molecule has 1 rings (SSSR count). The van der Waals surface area contributed by atoms with Crippen molar-refractivity contribution in [3.05, 3.63) is 0 Å². The summed E-state index contributed by atoms with van der Waals surface area (Å²) in [5.74, 6) is 0.170. The van der Waals surface area contributed by atoms with Gasteiger partial charge >= 0.3 is 0 Å². The van der Waals surface area contributed by atoms with E-state index >= 15 is 0 Å². The maximum atomic E-state index is 12.0.